The fourth-order valence-electron chi connectivity index (χ4n) is 2.43. The first-order valence-corrected chi connectivity index (χ1v) is 5.61. The second-order valence-corrected chi connectivity index (χ2v) is 4.57. The van der Waals surface area contributed by atoms with Crippen molar-refractivity contribution in [1.29, 1.82) is 0 Å². The van der Waals surface area contributed by atoms with Crippen molar-refractivity contribution in [2.75, 3.05) is 0 Å². The molecule has 0 aliphatic heterocycles. The molecular weight excluding hydrogens is 194 g/mol. The summed E-state index contributed by atoms with van der Waals surface area (Å²) in [5.74, 6) is 1.32. The van der Waals surface area contributed by atoms with Gasteiger partial charge in [-0.05, 0) is 36.0 Å². The number of hydrogen-bond donors (Lipinski definition) is 1. The molecule has 0 radical (unpaired) electrons. The van der Waals surface area contributed by atoms with Gasteiger partial charge >= 0.3 is 0 Å². The molecule has 3 unspecified atom stereocenters. The van der Waals surface area contributed by atoms with Crippen molar-refractivity contribution in [2.24, 2.45) is 11.7 Å². The minimum absolute atomic E-state index is 0.403. The van der Waals surface area contributed by atoms with Crippen LogP contribution in [0.15, 0.2) is 24.3 Å². The van der Waals surface area contributed by atoms with Gasteiger partial charge in [0.15, 0.2) is 0 Å². The van der Waals surface area contributed by atoms with Crippen LogP contribution in [0.1, 0.15) is 31.2 Å². The molecule has 2 rings (SSSR count). The largest absolute Gasteiger partial charge is 0.327 e. The van der Waals surface area contributed by atoms with Crippen molar-refractivity contribution in [3.8, 4) is 0 Å². The van der Waals surface area contributed by atoms with Crippen molar-refractivity contribution in [3.63, 3.8) is 0 Å². The molecule has 1 aliphatic carbocycles. The van der Waals surface area contributed by atoms with Crippen molar-refractivity contribution in [3.05, 3.63) is 34.9 Å². The van der Waals surface area contributed by atoms with Crippen LogP contribution in [0.5, 0.6) is 0 Å². The lowest BCUT2D eigenvalue weighted by atomic mass is 9.65. The molecule has 0 aromatic heterocycles. The van der Waals surface area contributed by atoms with E-state index in [-0.39, 0.29) is 0 Å². The van der Waals surface area contributed by atoms with Gasteiger partial charge in [0.25, 0.3) is 0 Å². The number of nitrogens with two attached hydrogens (primary N) is 1. The maximum Gasteiger partial charge on any atom is 0.0406 e. The maximum atomic E-state index is 5.96. The van der Waals surface area contributed by atoms with Crippen LogP contribution >= 0.6 is 11.6 Å². The van der Waals surface area contributed by atoms with E-state index in [1.165, 1.54) is 12.0 Å². The Balaban J connectivity index is 2.13. The van der Waals surface area contributed by atoms with Gasteiger partial charge in [0.2, 0.25) is 0 Å². The molecule has 0 saturated heterocycles. The van der Waals surface area contributed by atoms with Gasteiger partial charge < -0.3 is 5.73 Å². The van der Waals surface area contributed by atoms with Gasteiger partial charge in [0.05, 0.1) is 0 Å². The molecule has 1 aromatic carbocycles. The predicted octanol–water partition coefficient (Wildman–Crippen LogP) is 3.18. The second-order valence-electron chi connectivity index (χ2n) is 4.13. The number of hydrogen-bond acceptors (Lipinski definition) is 1. The third-order valence-electron chi connectivity index (χ3n) is 3.36. The van der Waals surface area contributed by atoms with E-state index in [2.05, 4.69) is 19.1 Å². The lowest BCUT2D eigenvalue weighted by Crippen LogP contribution is -2.45. The Morgan fingerprint density at radius 2 is 2.00 bits per heavy atom. The third-order valence-corrected chi connectivity index (χ3v) is 3.61. The molecule has 0 bridgehead atoms. The van der Waals surface area contributed by atoms with Gasteiger partial charge in [-0.15, -0.1) is 0 Å². The standard InChI is InChI=1S/C12H16ClN/c1-2-10-11(7-12(10)14)8-3-5-9(13)6-4-8/h3-6,10-12H,2,7,14H2,1H3. The average Bonchev–Trinajstić information content (AvgIpc) is 2.16. The van der Waals surface area contributed by atoms with Gasteiger partial charge in [0, 0.05) is 11.1 Å². The molecule has 1 aromatic rings. The Labute approximate surface area is 90.3 Å². The third kappa shape index (κ3) is 1.67. The van der Waals surface area contributed by atoms with E-state index in [9.17, 15) is 0 Å². The van der Waals surface area contributed by atoms with E-state index < -0.39 is 0 Å². The van der Waals surface area contributed by atoms with Crippen LogP contribution in [0.4, 0.5) is 0 Å². The highest BCUT2D eigenvalue weighted by atomic mass is 35.5. The van der Waals surface area contributed by atoms with E-state index in [0.717, 1.165) is 11.4 Å². The Morgan fingerprint density at radius 3 is 2.50 bits per heavy atom. The number of halogens is 1. The summed E-state index contributed by atoms with van der Waals surface area (Å²) in [6.45, 7) is 2.21. The fourth-order valence-corrected chi connectivity index (χ4v) is 2.55. The molecule has 1 aliphatic rings. The molecule has 3 atom stereocenters. The van der Waals surface area contributed by atoms with E-state index in [4.69, 9.17) is 17.3 Å². The molecule has 1 fully saturated rings. The summed E-state index contributed by atoms with van der Waals surface area (Å²) in [6.07, 6.45) is 2.30. The monoisotopic (exact) mass is 209 g/mol. The minimum Gasteiger partial charge on any atom is -0.327 e. The van der Waals surface area contributed by atoms with E-state index >= 15 is 0 Å². The Bertz CT molecular complexity index is 307. The number of rotatable bonds is 2. The summed E-state index contributed by atoms with van der Waals surface area (Å²) in [6, 6.07) is 8.59. The van der Waals surface area contributed by atoms with Crippen LogP contribution in [0, 0.1) is 5.92 Å². The second kappa shape index (κ2) is 3.92. The van der Waals surface area contributed by atoms with Crippen molar-refractivity contribution in [2.45, 2.75) is 31.7 Å². The Kier molecular flexibility index (Phi) is 2.80. The molecular formula is C12H16ClN. The zero-order chi connectivity index (χ0) is 10.1. The highest BCUT2D eigenvalue weighted by Gasteiger charge is 2.37. The summed E-state index contributed by atoms with van der Waals surface area (Å²) in [5.41, 5.74) is 7.36. The highest BCUT2D eigenvalue weighted by molar-refractivity contribution is 6.30. The molecule has 14 heavy (non-hydrogen) atoms. The van der Waals surface area contributed by atoms with E-state index in [0.29, 0.717) is 17.9 Å². The van der Waals surface area contributed by atoms with E-state index in [1.54, 1.807) is 0 Å². The van der Waals surface area contributed by atoms with Gasteiger partial charge in [0.1, 0.15) is 0 Å². The SMILES string of the molecule is CCC1C(N)CC1c1ccc(Cl)cc1. The zero-order valence-corrected chi connectivity index (χ0v) is 9.17. The fraction of sp³-hybridized carbons (Fsp3) is 0.500. The van der Waals surface area contributed by atoms with Crippen LogP contribution in [0.2, 0.25) is 5.02 Å². The molecule has 1 saturated carbocycles. The summed E-state index contributed by atoms with van der Waals surface area (Å²) in [4.78, 5) is 0. The van der Waals surface area contributed by atoms with Crippen molar-refractivity contribution in [1.82, 2.24) is 0 Å². The average molecular weight is 210 g/mol. The highest BCUT2D eigenvalue weighted by Crippen LogP contribution is 2.43. The topological polar surface area (TPSA) is 26.0 Å². The summed E-state index contributed by atoms with van der Waals surface area (Å²) in [7, 11) is 0. The van der Waals surface area contributed by atoms with Crippen LogP contribution < -0.4 is 5.73 Å². The van der Waals surface area contributed by atoms with Crippen molar-refractivity contribution >= 4 is 11.6 Å². The van der Waals surface area contributed by atoms with Crippen LogP contribution in [-0.4, -0.2) is 6.04 Å². The van der Waals surface area contributed by atoms with E-state index in [1.807, 2.05) is 12.1 Å². The zero-order valence-electron chi connectivity index (χ0n) is 8.41. The first-order valence-electron chi connectivity index (χ1n) is 5.23. The number of benzene rings is 1. The molecule has 0 spiro atoms. The minimum atomic E-state index is 0.403. The first-order chi connectivity index (χ1) is 6.72. The smallest absolute Gasteiger partial charge is 0.0406 e. The van der Waals surface area contributed by atoms with Gasteiger partial charge in [-0.25, -0.2) is 0 Å². The molecule has 2 N–H and O–H groups in total. The Hall–Kier alpha value is -0.530. The van der Waals surface area contributed by atoms with Crippen LogP contribution in [0.25, 0.3) is 0 Å². The quantitative estimate of drug-likeness (QED) is 0.796. The summed E-state index contributed by atoms with van der Waals surface area (Å²) in [5, 5.41) is 0.811. The molecule has 76 valence electrons. The normalized spacial score (nSPS) is 31.2. The van der Waals surface area contributed by atoms with Gasteiger partial charge in [-0.2, -0.15) is 0 Å². The van der Waals surface area contributed by atoms with Crippen LogP contribution in [0.3, 0.4) is 0 Å². The van der Waals surface area contributed by atoms with Crippen LogP contribution in [-0.2, 0) is 0 Å². The molecule has 2 heteroatoms. The Morgan fingerprint density at radius 1 is 1.36 bits per heavy atom. The summed E-state index contributed by atoms with van der Waals surface area (Å²) >= 11 is 5.85. The molecule has 1 nitrogen and oxygen atoms in total. The maximum absolute atomic E-state index is 5.96. The first kappa shape index (κ1) is 10.0. The molecule has 0 heterocycles. The lowest BCUT2D eigenvalue weighted by Gasteiger charge is -2.42. The predicted molar refractivity (Wildman–Crippen MR) is 60.6 cm³/mol. The van der Waals surface area contributed by atoms with Gasteiger partial charge in [-0.3, -0.25) is 0 Å². The van der Waals surface area contributed by atoms with Gasteiger partial charge in [-0.1, -0.05) is 37.1 Å². The molecule has 0 amide bonds. The summed E-state index contributed by atoms with van der Waals surface area (Å²) < 4.78 is 0. The lowest BCUT2D eigenvalue weighted by molar-refractivity contribution is 0.198. The van der Waals surface area contributed by atoms with Crippen molar-refractivity contribution < 1.29 is 0 Å².